The molecular formula is C13H20BrFN2O3S. The van der Waals surface area contributed by atoms with Gasteiger partial charge < -0.3 is 10.5 Å². The van der Waals surface area contributed by atoms with E-state index in [1.54, 1.807) is 0 Å². The van der Waals surface area contributed by atoms with Crippen molar-refractivity contribution in [2.75, 3.05) is 26.0 Å². The van der Waals surface area contributed by atoms with Crippen LogP contribution in [-0.2, 0) is 14.8 Å². The Kier molecular flexibility index (Phi) is 6.58. The molecule has 0 aromatic heterocycles. The molecule has 1 atom stereocenters. The van der Waals surface area contributed by atoms with E-state index in [4.69, 9.17) is 10.5 Å². The van der Waals surface area contributed by atoms with E-state index in [9.17, 15) is 12.8 Å². The Morgan fingerprint density at radius 2 is 2.10 bits per heavy atom. The smallest absolute Gasteiger partial charge is 0.244 e. The third-order valence-electron chi connectivity index (χ3n) is 3.24. The average molecular weight is 383 g/mol. The molecule has 0 saturated carbocycles. The van der Waals surface area contributed by atoms with E-state index in [0.717, 1.165) is 12.1 Å². The van der Waals surface area contributed by atoms with Crippen LogP contribution in [0.15, 0.2) is 21.5 Å². The van der Waals surface area contributed by atoms with Crippen molar-refractivity contribution in [3.63, 3.8) is 0 Å². The molecule has 0 saturated heterocycles. The van der Waals surface area contributed by atoms with E-state index in [1.165, 1.54) is 11.4 Å². The lowest BCUT2D eigenvalue weighted by Gasteiger charge is -2.28. The highest BCUT2D eigenvalue weighted by Gasteiger charge is 2.30. The monoisotopic (exact) mass is 382 g/mol. The summed E-state index contributed by atoms with van der Waals surface area (Å²) in [7, 11) is -2.29. The fourth-order valence-corrected chi connectivity index (χ4v) is 4.53. The maximum atomic E-state index is 13.4. The molecule has 0 fully saturated rings. The molecule has 2 N–H and O–H groups in total. The minimum atomic E-state index is -3.79. The standard InChI is InChI=1S/C13H20BrFN2O3S/c1-4-9(2)17(5-6-20-3)21(18,19)13-8-12(16)11(15)7-10(13)14/h7-9H,4-6,16H2,1-3H3. The summed E-state index contributed by atoms with van der Waals surface area (Å²) in [6, 6.07) is 1.99. The third kappa shape index (κ3) is 4.15. The van der Waals surface area contributed by atoms with Crippen LogP contribution in [0.4, 0.5) is 10.1 Å². The Morgan fingerprint density at radius 3 is 2.62 bits per heavy atom. The number of hydrogen-bond donors (Lipinski definition) is 1. The molecule has 0 spiro atoms. The van der Waals surface area contributed by atoms with Gasteiger partial charge in [0.25, 0.3) is 0 Å². The fraction of sp³-hybridized carbons (Fsp3) is 0.538. The van der Waals surface area contributed by atoms with Gasteiger partial charge in [-0.05, 0) is 41.4 Å². The maximum absolute atomic E-state index is 13.4. The van der Waals surface area contributed by atoms with E-state index >= 15 is 0 Å². The second kappa shape index (κ2) is 7.53. The number of rotatable bonds is 7. The number of nitrogen functional groups attached to an aromatic ring is 1. The van der Waals surface area contributed by atoms with Crippen LogP contribution in [-0.4, -0.2) is 39.0 Å². The second-order valence-corrected chi connectivity index (χ2v) is 7.38. The topological polar surface area (TPSA) is 72.6 Å². The number of anilines is 1. The van der Waals surface area contributed by atoms with Gasteiger partial charge in [-0.3, -0.25) is 0 Å². The van der Waals surface area contributed by atoms with Crippen LogP contribution in [0.2, 0.25) is 0 Å². The van der Waals surface area contributed by atoms with Crippen LogP contribution in [0.1, 0.15) is 20.3 Å². The summed E-state index contributed by atoms with van der Waals surface area (Å²) in [6.45, 7) is 4.21. The first kappa shape index (κ1) is 18.3. The van der Waals surface area contributed by atoms with E-state index in [0.29, 0.717) is 6.42 Å². The molecule has 120 valence electrons. The number of sulfonamides is 1. The van der Waals surface area contributed by atoms with Gasteiger partial charge in [0.1, 0.15) is 5.82 Å². The van der Waals surface area contributed by atoms with Crippen molar-refractivity contribution in [1.82, 2.24) is 4.31 Å². The minimum absolute atomic E-state index is 0.0437. The molecule has 0 aliphatic rings. The molecule has 1 unspecified atom stereocenters. The van der Waals surface area contributed by atoms with Crippen LogP contribution < -0.4 is 5.73 Å². The number of nitrogens with zero attached hydrogens (tertiary/aromatic N) is 1. The molecule has 0 aliphatic carbocycles. The summed E-state index contributed by atoms with van der Waals surface area (Å²) in [6.07, 6.45) is 0.650. The van der Waals surface area contributed by atoms with E-state index in [-0.39, 0.29) is 34.2 Å². The second-order valence-electron chi connectivity index (χ2n) is 4.67. The van der Waals surface area contributed by atoms with E-state index in [1.807, 2.05) is 13.8 Å². The van der Waals surface area contributed by atoms with Crippen LogP contribution in [0.5, 0.6) is 0 Å². The summed E-state index contributed by atoms with van der Waals surface area (Å²) in [5, 5.41) is 0. The Bertz CT molecular complexity index is 595. The highest BCUT2D eigenvalue weighted by Crippen LogP contribution is 2.30. The predicted molar refractivity (Wildman–Crippen MR) is 84.0 cm³/mol. The predicted octanol–water partition coefficient (Wildman–Crippen LogP) is 2.61. The van der Waals surface area contributed by atoms with Gasteiger partial charge in [-0.25, -0.2) is 12.8 Å². The van der Waals surface area contributed by atoms with Crippen LogP contribution in [0.3, 0.4) is 0 Å². The van der Waals surface area contributed by atoms with Crippen molar-refractivity contribution in [2.45, 2.75) is 31.2 Å². The van der Waals surface area contributed by atoms with Crippen molar-refractivity contribution < 1.29 is 17.5 Å². The first-order chi connectivity index (χ1) is 9.75. The molecule has 1 aromatic carbocycles. The molecule has 0 aliphatic heterocycles. The number of benzene rings is 1. The lowest BCUT2D eigenvalue weighted by Crippen LogP contribution is -2.40. The first-order valence-electron chi connectivity index (χ1n) is 6.51. The average Bonchev–Trinajstić information content (AvgIpc) is 2.42. The zero-order valence-corrected chi connectivity index (χ0v) is 14.7. The first-order valence-corrected chi connectivity index (χ1v) is 8.74. The molecule has 1 aromatic rings. The zero-order chi connectivity index (χ0) is 16.2. The molecule has 5 nitrogen and oxygen atoms in total. The molecule has 8 heteroatoms. The quantitative estimate of drug-likeness (QED) is 0.735. The molecule has 0 bridgehead atoms. The Morgan fingerprint density at radius 1 is 1.48 bits per heavy atom. The van der Waals surface area contributed by atoms with Gasteiger partial charge in [-0.2, -0.15) is 4.31 Å². The molecular weight excluding hydrogens is 363 g/mol. The number of methoxy groups -OCH3 is 1. The van der Waals surface area contributed by atoms with E-state index in [2.05, 4.69) is 15.9 Å². The van der Waals surface area contributed by atoms with Gasteiger partial charge in [0.05, 0.1) is 17.2 Å². The summed E-state index contributed by atoms with van der Waals surface area (Å²) in [4.78, 5) is -0.0437. The molecule has 21 heavy (non-hydrogen) atoms. The molecule has 0 radical (unpaired) electrons. The summed E-state index contributed by atoms with van der Waals surface area (Å²) >= 11 is 3.09. The number of hydrogen-bond acceptors (Lipinski definition) is 4. The lowest BCUT2D eigenvalue weighted by molar-refractivity contribution is 0.167. The molecule has 1 rings (SSSR count). The van der Waals surface area contributed by atoms with Gasteiger partial charge in [0, 0.05) is 24.2 Å². The SMILES string of the molecule is CCC(C)N(CCOC)S(=O)(=O)c1cc(N)c(F)cc1Br. The zero-order valence-electron chi connectivity index (χ0n) is 12.3. The Hall–Kier alpha value is -0.700. The highest BCUT2D eigenvalue weighted by molar-refractivity contribution is 9.10. The maximum Gasteiger partial charge on any atom is 0.244 e. The van der Waals surface area contributed by atoms with Crippen molar-refractivity contribution in [1.29, 1.82) is 0 Å². The van der Waals surface area contributed by atoms with Crippen molar-refractivity contribution in [2.24, 2.45) is 0 Å². The molecule has 0 heterocycles. The largest absolute Gasteiger partial charge is 0.396 e. The van der Waals surface area contributed by atoms with Gasteiger partial charge >= 0.3 is 0 Å². The van der Waals surface area contributed by atoms with Crippen molar-refractivity contribution in [3.8, 4) is 0 Å². The van der Waals surface area contributed by atoms with Crippen molar-refractivity contribution in [3.05, 3.63) is 22.4 Å². The van der Waals surface area contributed by atoms with Gasteiger partial charge in [0.15, 0.2) is 0 Å². The normalized spacial score (nSPS) is 13.6. The summed E-state index contributed by atoms with van der Waals surface area (Å²) in [5.74, 6) is -0.659. The number of nitrogens with two attached hydrogens (primary N) is 1. The fourth-order valence-electron chi connectivity index (χ4n) is 1.83. The van der Waals surface area contributed by atoms with Crippen molar-refractivity contribution >= 4 is 31.6 Å². The highest BCUT2D eigenvalue weighted by atomic mass is 79.9. The van der Waals surface area contributed by atoms with Crippen LogP contribution in [0, 0.1) is 5.82 Å². The number of ether oxygens (including phenoxy) is 1. The van der Waals surface area contributed by atoms with E-state index < -0.39 is 15.8 Å². The number of halogens is 2. The lowest BCUT2D eigenvalue weighted by atomic mass is 10.3. The van der Waals surface area contributed by atoms with Gasteiger partial charge in [0.2, 0.25) is 10.0 Å². The summed E-state index contributed by atoms with van der Waals surface area (Å²) in [5.41, 5.74) is 5.29. The van der Waals surface area contributed by atoms with Crippen LogP contribution in [0.25, 0.3) is 0 Å². The minimum Gasteiger partial charge on any atom is -0.396 e. The summed E-state index contributed by atoms with van der Waals surface area (Å²) < 4.78 is 45.4. The molecule has 0 amide bonds. The Balaban J connectivity index is 3.31. The third-order valence-corrected chi connectivity index (χ3v) is 6.21. The van der Waals surface area contributed by atoms with Crippen LogP contribution >= 0.6 is 15.9 Å². The van der Waals surface area contributed by atoms with Gasteiger partial charge in [-0.15, -0.1) is 0 Å². The Labute approximate surface area is 133 Å². The van der Waals surface area contributed by atoms with Gasteiger partial charge in [-0.1, -0.05) is 6.92 Å².